The molecule has 3 atom stereocenters. The summed E-state index contributed by atoms with van der Waals surface area (Å²) in [6, 6.07) is 0. The second-order valence-corrected chi connectivity index (χ2v) is 4.65. The third kappa shape index (κ3) is 3.43. The average Bonchev–Trinajstić information content (AvgIpc) is 2.09. The lowest BCUT2D eigenvalue weighted by Gasteiger charge is -2.21. The molecule has 9 heteroatoms. The molecular formula is C7H12O8S. The van der Waals surface area contributed by atoms with Crippen molar-refractivity contribution < 1.29 is 37.9 Å². The van der Waals surface area contributed by atoms with Crippen LogP contribution in [0.1, 0.15) is 13.3 Å². The fourth-order valence-corrected chi connectivity index (χ4v) is 2.14. The van der Waals surface area contributed by atoms with Gasteiger partial charge in [-0.15, -0.1) is 0 Å². The molecular weight excluding hydrogens is 244 g/mol. The fraction of sp³-hybridized carbons (Fsp3) is 0.714. The topological polar surface area (TPSA) is 149 Å². The van der Waals surface area contributed by atoms with Crippen molar-refractivity contribution in [3.63, 3.8) is 0 Å². The quantitative estimate of drug-likeness (QED) is 0.433. The first-order valence-electron chi connectivity index (χ1n) is 4.22. The molecule has 0 bridgehead atoms. The molecule has 4 N–H and O–H groups in total. The van der Waals surface area contributed by atoms with Crippen LogP contribution in [-0.2, 0) is 19.7 Å². The molecule has 0 fully saturated rings. The predicted octanol–water partition coefficient (Wildman–Crippen LogP) is -1.20. The highest BCUT2D eigenvalue weighted by Gasteiger charge is 2.46. The van der Waals surface area contributed by atoms with Gasteiger partial charge in [0.2, 0.25) is 0 Å². The summed E-state index contributed by atoms with van der Waals surface area (Å²) < 4.78 is 30.1. The molecule has 0 spiro atoms. The monoisotopic (exact) mass is 256 g/mol. The zero-order valence-corrected chi connectivity index (χ0v) is 9.09. The molecule has 8 nitrogen and oxygen atoms in total. The van der Waals surface area contributed by atoms with E-state index in [0.29, 0.717) is 0 Å². The highest BCUT2D eigenvalue weighted by molar-refractivity contribution is 7.87. The molecule has 94 valence electrons. The molecule has 0 radical (unpaired) electrons. The van der Waals surface area contributed by atoms with Crippen LogP contribution in [0.3, 0.4) is 0 Å². The van der Waals surface area contributed by atoms with Crippen LogP contribution in [0.5, 0.6) is 0 Å². The highest BCUT2D eigenvalue weighted by Crippen LogP contribution is 2.19. The molecule has 0 aromatic rings. The summed E-state index contributed by atoms with van der Waals surface area (Å²) in [6.45, 7) is 1.35. The minimum Gasteiger partial charge on any atom is -0.481 e. The lowest BCUT2D eigenvalue weighted by atomic mass is 9.96. The second-order valence-electron chi connectivity index (χ2n) is 3.11. The summed E-state index contributed by atoms with van der Waals surface area (Å²) in [4.78, 5) is 21.3. The highest BCUT2D eigenvalue weighted by atomic mass is 32.2. The van der Waals surface area contributed by atoms with Crippen molar-refractivity contribution in [3.05, 3.63) is 0 Å². The van der Waals surface area contributed by atoms with Crippen molar-refractivity contribution in [3.8, 4) is 0 Å². The Kier molecular flexibility index (Phi) is 4.84. The molecule has 0 saturated heterocycles. The van der Waals surface area contributed by atoms with E-state index in [-0.39, 0.29) is 6.42 Å². The van der Waals surface area contributed by atoms with Crippen LogP contribution in [0.25, 0.3) is 0 Å². The molecule has 0 aromatic heterocycles. The van der Waals surface area contributed by atoms with Gasteiger partial charge in [-0.3, -0.25) is 14.1 Å². The van der Waals surface area contributed by atoms with Gasteiger partial charge in [-0.05, 0) is 6.42 Å². The first-order valence-corrected chi connectivity index (χ1v) is 5.73. The predicted molar refractivity (Wildman–Crippen MR) is 50.4 cm³/mol. The van der Waals surface area contributed by atoms with Gasteiger partial charge >= 0.3 is 11.9 Å². The minimum atomic E-state index is -5.10. The summed E-state index contributed by atoms with van der Waals surface area (Å²) in [5, 5.41) is 23.9. The Morgan fingerprint density at radius 2 is 1.62 bits per heavy atom. The van der Waals surface area contributed by atoms with Gasteiger partial charge < -0.3 is 15.3 Å². The smallest absolute Gasteiger partial charge is 0.325 e. The Bertz CT molecular complexity index is 372. The van der Waals surface area contributed by atoms with E-state index in [9.17, 15) is 23.1 Å². The molecule has 0 amide bonds. The van der Waals surface area contributed by atoms with Gasteiger partial charge in [-0.25, -0.2) is 0 Å². The van der Waals surface area contributed by atoms with Crippen LogP contribution in [0, 0.1) is 5.92 Å². The van der Waals surface area contributed by atoms with Crippen molar-refractivity contribution in [2.45, 2.75) is 24.7 Å². The zero-order chi connectivity index (χ0) is 13.1. The van der Waals surface area contributed by atoms with E-state index in [1.165, 1.54) is 6.92 Å². The number of aliphatic hydroxyl groups excluding tert-OH is 1. The van der Waals surface area contributed by atoms with E-state index in [1.807, 2.05) is 0 Å². The first kappa shape index (κ1) is 14.8. The van der Waals surface area contributed by atoms with Crippen LogP contribution in [0.15, 0.2) is 0 Å². The number of carbonyl (C=O) groups is 2. The van der Waals surface area contributed by atoms with E-state index < -0.39 is 39.3 Å². The first-order chi connectivity index (χ1) is 7.12. The maximum Gasteiger partial charge on any atom is 0.325 e. The third-order valence-electron chi connectivity index (χ3n) is 2.01. The van der Waals surface area contributed by atoms with E-state index in [4.69, 9.17) is 14.8 Å². The number of rotatable bonds is 6. The van der Waals surface area contributed by atoms with Gasteiger partial charge in [0.25, 0.3) is 10.1 Å². The number of aliphatic carboxylic acids is 2. The Hall–Kier alpha value is -1.19. The fourth-order valence-electron chi connectivity index (χ4n) is 1.22. The van der Waals surface area contributed by atoms with Crippen LogP contribution in [-0.4, -0.2) is 51.6 Å². The van der Waals surface area contributed by atoms with E-state index >= 15 is 0 Å². The summed E-state index contributed by atoms with van der Waals surface area (Å²) in [5.41, 5.74) is 0. The number of hydrogen-bond donors (Lipinski definition) is 4. The summed E-state index contributed by atoms with van der Waals surface area (Å²) >= 11 is 0. The van der Waals surface area contributed by atoms with E-state index in [0.717, 1.165) is 0 Å². The Morgan fingerprint density at radius 3 is 1.81 bits per heavy atom. The molecule has 0 aliphatic carbocycles. The Balaban J connectivity index is 5.46. The number of carboxylic acid groups (broad SMARTS) is 2. The van der Waals surface area contributed by atoms with E-state index in [2.05, 4.69) is 0 Å². The number of hydrogen-bond acceptors (Lipinski definition) is 5. The number of aliphatic hydroxyl groups is 1. The maximum atomic E-state index is 10.7. The molecule has 0 aromatic carbocycles. The zero-order valence-electron chi connectivity index (χ0n) is 8.27. The molecule has 0 saturated carbocycles. The standard InChI is InChI=1S/C7H12O8S/c1-2-3(8)4(6(9)10)5(7(11)12)16(13,14)15/h3-5,8H,2H2,1H3,(H,9,10)(H,11,12)(H,13,14,15). The molecule has 0 rings (SSSR count). The molecule has 16 heavy (non-hydrogen) atoms. The summed E-state index contributed by atoms with van der Waals surface area (Å²) in [5.74, 6) is -5.95. The van der Waals surface area contributed by atoms with Gasteiger partial charge in [0.1, 0.15) is 5.92 Å². The van der Waals surface area contributed by atoms with Gasteiger partial charge in [-0.2, -0.15) is 8.42 Å². The average molecular weight is 256 g/mol. The molecule has 3 unspecified atom stereocenters. The Morgan fingerprint density at radius 1 is 1.19 bits per heavy atom. The van der Waals surface area contributed by atoms with Crippen LogP contribution in [0.4, 0.5) is 0 Å². The van der Waals surface area contributed by atoms with Gasteiger partial charge in [0, 0.05) is 0 Å². The number of carboxylic acids is 2. The normalized spacial score (nSPS) is 17.4. The van der Waals surface area contributed by atoms with Crippen molar-refractivity contribution in [2.24, 2.45) is 5.92 Å². The van der Waals surface area contributed by atoms with Crippen molar-refractivity contribution in [1.29, 1.82) is 0 Å². The van der Waals surface area contributed by atoms with Gasteiger partial charge in [-0.1, -0.05) is 6.92 Å². The molecule has 0 aliphatic rings. The van der Waals surface area contributed by atoms with Gasteiger partial charge in [0.15, 0.2) is 5.25 Å². The SMILES string of the molecule is CCC(O)C(C(=O)O)C(C(=O)O)S(=O)(=O)O. The third-order valence-corrected chi connectivity index (χ3v) is 3.15. The molecule has 0 heterocycles. The lowest BCUT2D eigenvalue weighted by Crippen LogP contribution is -2.46. The van der Waals surface area contributed by atoms with Crippen molar-refractivity contribution in [2.75, 3.05) is 0 Å². The molecule has 0 aliphatic heterocycles. The minimum absolute atomic E-state index is 0.156. The van der Waals surface area contributed by atoms with Crippen molar-refractivity contribution in [1.82, 2.24) is 0 Å². The van der Waals surface area contributed by atoms with E-state index in [1.54, 1.807) is 0 Å². The maximum absolute atomic E-state index is 10.7. The Labute approximate surface area is 91.3 Å². The van der Waals surface area contributed by atoms with Crippen molar-refractivity contribution >= 4 is 22.1 Å². The van der Waals surface area contributed by atoms with Gasteiger partial charge in [0.05, 0.1) is 6.10 Å². The lowest BCUT2D eigenvalue weighted by molar-refractivity contribution is -0.152. The summed E-state index contributed by atoms with van der Waals surface area (Å²) in [7, 11) is -5.10. The largest absolute Gasteiger partial charge is 0.481 e. The second kappa shape index (κ2) is 5.23. The van der Waals surface area contributed by atoms with Crippen LogP contribution >= 0.6 is 0 Å². The summed E-state index contributed by atoms with van der Waals surface area (Å²) in [6.07, 6.45) is -1.84. The van der Waals surface area contributed by atoms with Crippen LogP contribution < -0.4 is 0 Å². The van der Waals surface area contributed by atoms with Crippen LogP contribution in [0.2, 0.25) is 0 Å².